The minimum Gasteiger partial charge on any atom is -0.444 e. The van der Waals surface area contributed by atoms with Crippen LogP contribution in [0.3, 0.4) is 0 Å². The smallest absolute Gasteiger partial charge is 0.407 e. The minimum absolute atomic E-state index is 0. The predicted molar refractivity (Wildman–Crippen MR) is 128 cm³/mol. The molecular formula is C20H37IN6O3. The SMILES string of the molecule is CCCC(CNC(=NC)N1CCOC(c2cnn(C)c2)C1)NC(=O)OC(C)(C)C.I. The van der Waals surface area contributed by atoms with Crippen LogP contribution in [0, 0.1) is 0 Å². The molecule has 2 atom stereocenters. The lowest BCUT2D eigenvalue weighted by molar-refractivity contribution is -0.00805. The first-order valence-electron chi connectivity index (χ1n) is 10.3. The lowest BCUT2D eigenvalue weighted by Gasteiger charge is -2.35. The number of aliphatic imine (C=N–C) groups is 1. The van der Waals surface area contributed by atoms with Gasteiger partial charge in [-0.2, -0.15) is 5.10 Å². The van der Waals surface area contributed by atoms with Crippen molar-refractivity contribution in [3.8, 4) is 0 Å². The quantitative estimate of drug-likeness (QED) is 0.330. The molecule has 1 aliphatic rings. The standard InChI is InChI=1S/C20H36N6O3.HI/c1-7-8-16(24-19(27)29-20(2,3)4)12-22-18(21-5)26-9-10-28-17(14-26)15-11-23-25(6)13-15;/h11,13,16-17H,7-10,12,14H2,1-6H3,(H,21,22)(H,24,27);1H. The van der Waals surface area contributed by atoms with Gasteiger partial charge in [0.15, 0.2) is 5.96 Å². The number of ether oxygens (including phenoxy) is 2. The maximum Gasteiger partial charge on any atom is 0.407 e. The number of nitrogens with one attached hydrogen (secondary N) is 2. The number of alkyl carbamates (subject to hydrolysis) is 1. The zero-order valence-corrected chi connectivity index (χ0v) is 21.3. The van der Waals surface area contributed by atoms with Crippen molar-refractivity contribution < 1.29 is 14.3 Å². The molecule has 1 aliphatic heterocycles. The third-order valence-electron chi connectivity index (χ3n) is 4.54. The van der Waals surface area contributed by atoms with E-state index in [0.29, 0.717) is 19.7 Å². The van der Waals surface area contributed by atoms with Crippen molar-refractivity contribution in [1.29, 1.82) is 0 Å². The summed E-state index contributed by atoms with van der Waals surface area (Å²) < 4.78 is 13.1. The number of aromatic nitrogens is 2. The van der Waals surface area contributed by atoms with Gasteiger partial charge in [-0.1, -0.05) is 13.3 Å². The molecule has 0 radical (unpaired) electrons. The van der Waals surface area contributed by atoms with E-state index in [2.05, 4.69) is 32.5 Å². The van der Waals surface area contributed by atoms with Crippen molar-refractivity contribution >= 4 is 36.0 Å². The highest BCUT2D eigenvalue weighted by molar-refractivity contribution is 14.0. The molecule has 2 unspecified atom stereocenters. The number of aryl methyl sites for hydroxylation is 1. The molecule has 2 heterocycles. The number of nitrogens with zero attached hydrogens (tertiary/aromatic N) is 4. The summed E-state index contributed by atoms with van der Waals surface area (Å²) >= 11 is 0. The molecule has 0 aromatic carbocycles. The maximum atomic E-state index is 12.1. The van der Waals surface area contributed by atoms with E-state index in [1.807, 2.05) is 40.2 Å². The predicted octanol–water partition coefficient (Wildman–Crippen LogP) is 2.68. The van der Waals surface area contributed by atoms with Gasteiger partial charge in [0.05, 0.1) is 19.3 Å². The summed E-state index contributed by atoms with van der Waals surface area (Å²) in [5.74, 6) is 0.800. The summed E-state index contributed by atoms with van der Waals surface area (Å²) in [6.45, 7) is 10.3. The van der Waals surface area contributed by atoms with Gasteiger partial charge in [-0.3, -0.25) is 9.67 Å². The maximum absolute atomic E-state index is 12.1. The highest BCUT2D eigenvalue weighted by atomic mass is 127. The topological polar surface area (TPSA) is 93.0 Å². The second kappa shape index (κ2) is 12.3. The van der Waals surface area contributed by atoms with E-state index >= 15 is 0 Å². The third kappa shape index (κ3) is 8.66. The summed E-state index contributed by atoms with van der Waals surface area (Å²) in [5.41, 5.74) is 0.544. The van der Waals surface area contributed by atoms with Crippen LogP contribution in [-0.4, -0.2) is 71.7 Å². The van der Waals surface area contributed by atoms with Crippen LogP contribution >= 0.6 is 24.0 Å². The number of carbonyl (C=O) groups excluding carboxylic acids is 1. The molecule has 9 nitrogen and oxygen atoms in total. The van der Waals surface area contributed by atoms with Crippen molar-refractivity contribution in [1.82, 2.24) is 25.3 Å². The largest absolute Gasteiger partial charge is 0.444 e. The molecule has 0 aliphatic carbocycles. The molecule has 1 amide bonds. The van der Waals surface area contributed by atoms with E-state index in [1.54, 1.807) is 11.7 Å². The Morgan fingerprint density at radius 1 is 1.47 bits per heavy atom. The van der Waals surface area contributed by atoms with Crippen LogP contribution < -0.4 is 10.6 Å². The fourth-order valence-corrected chi connectivity index (χ4v) is 3.24. The van der Waals surface area contributed by atoms with Gasteiger partial charge in [0.25, 0.3) is 0 Å². The first-order chi connectivity index (χ1) is 13.7. The van der Waals surface area contributed by atoms with E-state index in [9.17, 15) is 4.79 Å². The molecular weight excluding hydrogens is 499 g/mol. The molecule has 0 spiro atoms. The van der Waals surface area contributed by atoms with Gasteiger partial charge in [-0.15, -0.1) is 24.0 Å². The number of amides is 1. The molecule has 10 heteroatoms. The normalized spacial score (nSPS) is 18.4. The molecule has 0 bridgehead atoms. The van der Waals surface area contributed by atoms with Crippen molar-refractivity contribution in [2.75, 3.05) is 33.3 Å². The van der Waals surface area contributed by atoms with Crippen molar-refractivity contribution in [3.63, 3.8) is 0 Å². The Morgan fingerprint density at radius 3 is 2.77 bits per heavy atom. The van der Waals surface area contributed by atoms with Gasteiger partial charge in [-0.05, 0) is 27.2 Å². The molecule has 1 saturated heterocycles. The Kier molecular flexibility index (Phi) is 10.9. The second-order valence-corrected chi connectivity index (χ2v) is 8.31. The summed E-state index contributed by atoms with van der Waals surface area (Å²) in [7, 11) is 3.67. The molecule has 1 aromatic rings. The molecule has 1 fully saturated rings. The van der Waals surface area contributed by atoms with Crippen molar-refractivity contribution in [2.45, 2.75) is 58.3 Å². The fourth-order valence-electron chi connectivity index (χ4n) is 3.24. The monoisotopic (exact) mass is 536 g/mol. The number of carbonyl (C=O) groups is 1. The first kappa shape index (κ1) is 26.5. The van der Waals surface area contributed by atoms with E-state index in [-0.39, 0.29) is 36.1 Å². The molecule has 172 valence electrons. The summed E-state index contributed by atoms with van der Waals surface area (Å²) in [6, 6.07) is -0.0400. The van der Waals surface area contributed by atoms with Gasteiger partial charge in [0.1, 0.15) is 11.7 Å². The van der Waals surface area contributed by atoms with Gasteiger partial charge in [0.2, 0.25) is 0 Å². The van der Waals surface area contributed by atoms with Crippen LogP contribution in [-0.2, 0) is 16.5 Å². The average Bonchev–Trinajstić information content (AvgIpc) is 3.07. The Bertz CT molecular complexity index is 688. The first-order valence-corrected chi connectivity index (χ1v) is 10.3. The van der Waals surface area contributed by atoms with Crippen LogP contribution in [0.25, 0.3) is 0 Å². The Hall–Kier alpha value is -1.56. The van der Waals surface area contributed by atoms with Gasteiger partial charge in [0, 0.05) is 45.0 Å². The van der Waals surface area contributed by atoms with Gasteiger partial charge >= 0.3 is 6.09 Å². The molecule has 2 rings (SSSR count). The van der Waals surface area contributed by atoms with Crippen LogP contribution in [0.1, 0.15) is 52.2 Å². The van der Waals surface area contributed by atoms with Crippen LogP contribution in [0.4, 0.5) is 4.79 Å². The zero-order chi connectivity index (χ0) is 21.4. The Morgan fingerprint density at radius 2 is 2.20 bits per heavy atom. The molecule has 30 heavy (non-hydrogen) atoms. The number of rotatable bonds is 6. The molecule has 2 N–H and O–H groups in total. The zero-order valence-electron chi connectivity index (χ0n) is 19.0. The lowest BCUT2D eigenvalue weighted by atomic mass is 10.1. The fraction of sp³-hybridized carbons (Fsp3) is 0.750. The van der Waals surface area contributed by atoms with E-state index in [4.69, 9.17) is 9.47 Å². The van der Waals surface area contributed by atoms with E-state index in [1.165, 1.54) is 0 Å². The van der Waals surface area contributed by atoms with Gasteiger partial charge in [-0.25, -0.2) is 4.79 Å². The highest BCUT2D eigenvalue weighted by Gasteiger charge is 2.26. The minimum atomic E-state index is -0.514. The summed E-state index contributed by atoms with van der Waals surface area (Å²) in [5, 5.41) is 10.6. The van der Waals surface area contributed by atoms with Gasteiger partial charge < -0.3 is 25.0 Å². The number of hydrogen-bond acceptors (Lipinski definition) is 5. The Balaban J connectivity index is 0.00000450. The number of morpholine rings is 1. The summed E-state index contributed by atoms with van der Waals surface area (Å²) in [4.78, 5) is 18.7. The van der Waals surface area contributed by atoms with E-state index < -0.39 is 11.7 Å². The second-order valence-electron chi connectivity index (χ2n) is 8.31. The van der Waals surface area contributed by atoms with Crippen molar-refractivity contribution in [3.05, 3.63) is 18.0 Å². The van der Waals surface area contributed by atoms with Crippen LogP contribution in [0.5, 0.6) is 0 Å². The average molecular weight is 536 g/mol. The Labute approximate surface area is 197 Å². The van der Waals surface area contributed by atoms with Crippen molar-refractivity contribution in [2.24, 2.45) is 12.0 Å². The van der Waals surface area contributed by atoms with Crippen LogP contribution in [0.15, 0.2) is 17.4 Å². The van der Waals surface area contributed by atoms with Crippen LogP contribution in [0.2, 0.25) is 0 Å². The molecule has 1 aromatic heterocycles. The molecule has 0 saturated carbocycles. The third-order valence-corrected chi connectivity index (χ3v) is 4.54. The highest BCUT2D eigenvalue weighted by Crippen LogP contribution is 2.21. The number of halogens is 1. The lowest BCUT2D eigenvalue weighted by Crippen LogP contribution is -2.52. The summed E-state index contributed by atoms with van der Waals surface area (Å²) in [6.07, 6.45) is 5.20. The number of hydrogen-bond donors (Lipinski definition) is 2. The van der Waals surface area contributed by atoms with E-state index in [0.717, 1.165) is 30.9 Å². The number of guanidine groups is 1.